The Bertz CT molecular complexity index is 629. The van der Waals surface area contributed by atoms with Crippen LogP contribution in [0.25, 0.3) is 0 Å². The summed E-state index contributed by atoms with van der Waals surface area (Å²) in [7, 11) is 1.71. The number of nitrogens with zero attached hydrogens (tertiary/aromatic N) is 3. The third-order valence-corrected chi connectivity index (χ3v) is 6.00. The minimum Gasteiger partial charge on any atom is -0.347 e. The number of guanidine groups is 1. The van der Waals surface area contributed by atoms with E-state index in [1.807, 2.05) is 4.90 Å². The number of halogens is 1. The maximum atomic E-state index is 12.3. The van der Waals surface area contributed by atoms with Gasteiger partial charge in [0, 0.05) is 33.2 Å². The van der Waals surface area contributed by atoms with Crippen molar-refractivity contribution in [2.75, 3.05) is 39.8 Å². The van der Waals surface area contributed by atoms with Crippen molar-refractivity contribution in [3.63, 3.8) is 0 Å². The minimum absolute atomic E-state index is 0. The number of piperidine rings is 2. The average molecular weight is 506 g/mol. The summed E-state index contributed by atoms with van der Waals surface area (Å²) in [6.07, 6.45) is 4.90. The van der Waals surface area contributed by atoms with Gasteiger partial charge in [0.2, 0.25) is 5.91 Å². The van der Waals surface area contributed by atoms with E-state index in [-0.39, 0.29) is 48.3 Å². The van der Waals surface area contributed by atoms with Crippen LogP contribution in [0.5, 0.6) is 0 Å². The van der Waals surface area contributed by atoms with Crippen molar-refractivity contribution in [3.8, 4) is 0 Å². The number of aliphatic imine (C=N–C) groups is 1. The standard InChI is InChI=1S/C18H30N6O3.HI/c1-18(15(26)21-17(27)22-18)13-6-10-24(11-7-13)16(19-2)20-12-14(25)23-8-4-3-5-9-23;/h13H,3-12H2,1-2H3,(H,19,20)(H2,21,22,26,27);1H. The molecule has 3 fully saturated rings. The molecule has 0 aromatic rings. The van der Waals surface area contributed by atoms with Crippen molar-refractivity contribution < 1.29 is 14.4 Å². The van der Waals surface area contributed by atoms with Crippen LogP contribution in [0.1, 0.15) is 39.0 Å². The number of carbonyl (C=O) groups excluding carboxylic acids is 3. The van der Waals surface area contributed by atoms with E-state index in [2.05, 4.69) is 25.8 Å². The largest absolute Gasteiger partial charge is 0.347 e. The van der Waals surface area contributed by atoms with Crippen LogP contribution in [0.3, 0.4) is 0 Å². The predicted molar refractivity (Wildman–Crippen MR) is 117 cm³/mol. The molecule has 1 atom stereocenters. The summed E-state index contributed by atoms with van der Waals surface area (Å²) in [5.74, 6) is 0.654. The first-order chi connectivity index (χ1) is 12.9. The van der Waals surface area contributed by atoms with Gasteiger partial charge in [0.1, 0.15) is 5.54 Å². The SMILES string of the molecule is CN=C(NCC(=O)N1CCCCC1)N1CCC(C2(C)NC(=O)NC2=O)CC1.I. The molecule has 3 saturated heterocycles. The topological polar surface area (TPSA) is 106 Å². The van der Waals surface area contributed by atoms with Crippen LogP contribution in [0.4, 0.5) is 4.79 Å². The van der Waals surface area contributed by atoms with Crippen LogP contribution < -0.4 is 16.0 Å². The maximum absolute atomic E-state index is 12.3. The molecule has 0 radical (unpaired) electrons. The van der Waals surface area contributed by atoms with Crippen LogP contribution >= 0.6 is 24.0 Å². The molecule has 3 heterocycles. The van der Waals surface area contributed by atoms with Gasteiger partial charge in [-0.05, 0) is 44.9 Å². The maximum Gasteiger partial charge on any atom is 0.322 e. The van der Waals surface area contributed by atoms with Gasteiger partial charge in [0.05, 0.1) is 6.54 Å². The molecule has 9 nitrogen and oxygen atoms in total. The van der Waals surface area contributed by atoms with Gasteiger partial charge < -0.3 is 20.4 Å². The molecule has 3 aliphatic rings. The highest BCUT2D eigenvalue weighted by Crippen LogP contribution is 2.30. The van der Waals surface area contributed by atoms with Gasteiger partial charge in [0.25, 0.3) is 5.91 Å². The van der Waals surface area contributed by atoms with Gasteiger partial charge in [-0.2, -0.15) is 0 Å². The Kier molecular flexibility index (Phi) is 7.90. The van der Waals surface area contributed by atoms with Crippen LogP contribution in [-0.4, -0.2) is 78.9 Å². The van der Waals surface area contributed by atoms with E-state index in [1.165, 1.54) is 6.42 Å². The lowest BCUT2D eigenvalue weighted by molar-refractivity contribution is -0.131. The Morgan fingerprint density at radius 1 is 1.14 bits per heavy atom. The van der Waals surface area contributed by atoms with E-state index in [0.29, 0.717) is 5.96 Å². The normalized spacial score (nSPS) is 26.4. The number of carbonyl (C=O) groups is 3. The third-order valence-electron chi connectivity index (χ3n) is 6.00. The molecule has 0 aromatic carbocycles. The number of rotatable bonds is 3. The Balaban J connectivity index is 0.00000280. The highest BCUT2D eigenvalue weighted by molar-refractivity contribution is 14.0. The van der Waals surface area contributed by atoms with Gasteiger partial charge in [0.15, 0.2) is 5.96 Å². The molecular formula is C18H31IN6O3. The van der Waals surface area contributed by atoms with Crippen molar-refractivity contribution >= 4 is 47.8 Å². The van der Waals surface area contributed by atoms with Crippen molar-refractivity contribution in [2.24, 2.45) is 10.9 Å². The quantitative estimate of drug-likeness (QED) is 0.224. The zero-order valence-corrected chi connectivity index (χ0v) is 19.0. The molecule has 3 N–H and O–H groups in total. The molecule has 0 spiro atoms. The molecule has 0 aromatic heterocycles. The fraction of sp³-hybridized carbons (Fsp3) is 0.778. The Morgan fingerprint density at radius 3 is 2.32 bits per heavy atom. The van der Waals surface area contributed by atoms with Crippen LogP contribution in [0.2, 0.25) is 0 Å². The van der Waals surface area contributed by atoms with E-state index < -0.39 is 11.6 Å². The van der Waals surface area contributed by atoms with Crippen molar-refractivity contribution in [1.29, 1.82) is 0 Å². The molecule has 3 rings (SSSR count). The monoisotopic (exact) mass is 506 g/mol. The van der Waals surface area contributed by atoms with Gasteiger partial charge in [-0.15, -0.1) is 24.0 Å². The van der Waals surface area contributed by atoms with Crippen LogP contribution in [-0.2, 0) is 9.59 Å². The second kappa shape index (κ2) is 9.75. The summed E-state index contributed by atoms with van der Waals surface area (Å²) in [6, 6.07) is -0.418. The van der Waals surface area contributed by atoms with Gasteiger partial charge >= 0.3 is 6.03 Å². The molecular weight excluding hydrogens is 475 g/mol. The first-order valence-corrected chi connectivity index (χ1v) is 9.81. The molecule has 158 valence electrons. The van der Waals surface area contributed by atoms with Gasteiger partial charge in [-0.25, -0.2) is 4.79 Å². The lowest BCUT2D eigenvalue weighted by Gasteiger charge is -2.39. The van der Waals surface area contributed by atoms with Crippen molar-refractivity contribution in [1.82, 2.24) is 25.8 Å². The summed E-state index contributed by atoms with van der Waals surface area (Å²) in [6.45, 7) is 5.18. The number of imide groups is 1. The lowest BCUT2D eigenvalue weighted by atomic mass is 9.79. The molecule has 10 heteroatoms. The Labute approximate surface area is 183 Å². The number of urea groups is 1. The second-order valence-corrected chi connectivity index (χ2v) is 7.71. The fourth-order valence-corrected chi connectivity index (χ4v) is 4.25. The van der Waals surface area contributed by atoms with Crippen molar-refractivity contribution in [2.45, 2.75) is 44.6 Å². The van der Waals surface area contributed by atoms with E-state index in [4.69, 9.17) is 0 Å². The van der Waals surface area contributed by atoms with Crippen LogP contribution in [0.15, 0.2) is 4.99 Å². The number of hydrogen-bond acceptors (Lipinski definition) is 4. The molecule has 28 heavy (non-hydrogen) atoms. The molecule has 3 aliphatic heterocycles. The summed E-state index contributed by atoms with van der Waals surface area (Å²) in [5, 5.41) is 8.28. The predicted octanol–water partition coefficient (Wildman–Crippen LogP) is 0.502. The number of likely N-dealkylation sites (tertiary alicyclic amines) is 2. The first-order valence-electron chi connectivity index (χ1n) is 9.81. The van der Waals surface area contributed by atoms with Gasteiger partial charge in [-0.3, -0.25) is 19.9 Å². The van der Waals surface area contributed by atoms with Crippen molar-refractivity contribution in [3.05, 3.63) is 0 Å². The molecule has 0 saturated carbocycles. The summed E-state index contributed by atoms with van der Waals surface area (Å²) >= 11 is 0. The summed E-state index contributed by atoms with van der Waals surface area (Å²) in [4.78, 5) is 44.3. The zero-order chi connectivity index (χ0) is 19.4. The lowest BCUT2D eigenvalue weighted by Crippen LogP contribution is -2.56. The molecule has 1 unspecified atom stereocenters. The summed E-state index contributed by atoms with van der Waals surface area (Å²) in [5.41, 5.74) is -0.843. The van der Waals surface area contributed by atoms with E-state index in [9.17, 15) is 14.4 Å². The molecule has 0 bridgehead atoms. The smallest absolute Gasteiger partial charge is 0.322 e. The Hall–Kier alpha value is -1.59. The first kappa shape index (κ1) is 22.7. The van der Waals surface area contributed by atoms with E-state index in [0.717, 1.165) is 51.9 Å². The third kappa shape index (κ3) is 4.87. The number of nitrogens with one attached hydrogen (secondary N) is 3. The van der Waals surface area contributed by atoms with E-state index >= 15 is 0 Å². The average Bonchev–Trinajstić information content (AvgIpc) is 2.96. The highest BCUT2D eigenvalue weighted by atomic mass is 127. The van der Waals surface area contributed by atoms with Gasteiger partial charge in [-0.1, -0.05) is 0 Å². The fourth-order valence-electron chi connectivity index (χ4n) is 4.25. The second-order valence-electron chi connectivity index (χ2n) is 7.71. The highest BCUT2D eigenvalue weighted by Gasteiger charge is 2.48. The molecule has 4 amide bonds. The number of hydrogen-bond donors (Lipinski definition) is 3. The van der Waals surface area contributed by atoms with Crippen LogP contribution in [0, 0.1) is 5.92 Å². The van der Waals surface area contributed by atoms with E-state index in [1.54, 1.807) is 14.0 Å². The minimum atomic E-state index is -0.843. The summed E-state index contributed by atoms with van der Waals surface area (Å²) < 4.78 is 0. The molecule has 0 aliphatic carbocycles. The Morgan fingerprint density at radius 2 is 1.79 bits per heavy atom. The number of amides is 4. The zero-order valence-electron chi connectivity index (χ0n) is 16.6.